The van der Waals surface area contributed by atoms with Gasteiger partial charge in [0, 0.05) is 61.9 Å². The van der Waals surface area contributed by atoms with E-state index >= 15 is 0 Å². The van der Waals surface area contributed by atoms with Crippen LogP contribution in [-0.4, -0.2) is 77.0 Å². The van der Waals surface area contributed by atoms with E-state index in [0.29, 0.717) is 11.8 Å². The maximum atomic E-state index is 13.0. The molecule has 3 aliphatic rings. The Morgan fingerprint density at radius 3 is 2.56 bits per heavy atom. The van der Waals surface area contributed by atoms with Crippen molar-refractivity contribution in [1.82, 2.24) is 19.7 Å². The summed E-state index contributed by atoms with van der Waals surface area (Å²) < 4.78 is 24.8. The molecule has 2 aromatic heterocycles. The Kier molecular flexibility index (Phi) is 8.59. The van der Waals surface area contributed by atoms with Crippen LogP contribution in [0.3, 0.4) is 0 Å². The maximum Gasteiger partial charge on any atom is 0.410 e. The van der Waals surface area contributed by atoms with Crippen LogP contribution in [0.1, 0.15) is 65.5 Å². The summed E-state index contributed by atoms with van der Waals surface area (Å²) in [5.74, 6) is 1.62. The van der Waals surface area contributed by atoms with Crippen LogP contribution in [0.5, 0.6) is 5.75 Å². The number of ether oxygens (including phenoxy) is 4. The monoisotopic (exact) mass is 589 g/mol. The van der Waals surface area contributed by atoms with Gasteiger partial charge in [0.25, 0.3) is 0 Å². The molecule has 1 amide bonds. The number of aromatic nitrogens is 3. The first-order chi connectivity index (χ1) is 20.8. The van der Waals surface area contributed by atoms with Crippen LogP contribution in [0.4, 0.5) is 10.6 Å². The Morgan fingerprint density at radius 1 is 1.02 bits per heavy atom. The lowest BCUT2D eigenvalue weighted by molar-refractivity contribution is -0.0394. The highest BCUT2D eigenvalue weighted by Crippen LogP contribution is 2.37. The fourth-order valence-electron chi connectivity index (χ4n) is 5.93. The third kappa shape index (κ3) is 6.96. The fourth-order valence-corrected chi connectivity index (χ4v) is 5.93. The normalized spacial score (nSPS) is 20.7. The lowest BCUT2D eigenvalue weighted by Gasteiger charge is -2.31. The quantitative estimate of drug-likeness (QED) is 0.270. The number of anilines is 1. The molecule has 1 aliphatic carbocycles. The molecule has 2 aliphatic heterocycles. The average molecular weight is 590 g/mol. The number of carbonyl (C=O) groups is 1. The molecule has 4 heterocycles. The first kappa shape index (κ1) is 29.4. The van der Waals surface area contributed by atoms with Crippen LogP contribution in [0.25, 0.3) is 22.3 Å². The summed E-state index contributed by atoms with van der Waals surface area (Å²) >= 11 is 0. The minimum Gasteiger partial charge on any atom is -0.467 e. The molecule has 3 aromatic rings. The molecule has 230 valence electrons. The van der Waals surface area contributed by atoms with E-state index in [4.69, 9.17) is 23.9 Å². The number of pyridine rings is 1. The van der Waals surface area contributed by atoms with Gasteiger partial charge in [0.05, 0.1) is 12.2 Å². The highest BCUT2D eigenvalue weighted by Gasteiger charge is 2.42. The Bertz CT molecular complexity index is 1390. The predicted molar refractivity (Wildman–Crippen MR) is 164 cm³/mol. The number of carbonyl (C=O) groups excluding carboxylic acids is 1. The second-order valence-electron chi connectivity index (χ2n) is 12.7. The van der Waals surface area contributed by atoms with Crippen LogP contribution in [-0.2, 0) is 14.2 Å². The maximum absolute atomic E-state index is 13.0. The summed E-state index contributed by atoms with van der Waals surface area (Å²) in [6, 6.07) is 10.7. The molecule has 0 radical (unpaired) electrons. The molecule has 3 fully saturated rings. The zero-order chi connectivity index (χ0) is 30.0. The molecule has 6 rings (SSSR count). The lowest BCUT2D eigenvalue weighted by atomic mass is 10.0. The van der Waals surface area contributed by atoms with Gasteiger partial charge >= 0.3 is 6.09 Å². The Labute approximate surface area is 253 Å². The molecular formula is C33H43N5O5. The van der Waals surface area contributed by atoms with E-state index in [1.54, 1.807) is 7.11 Å². The number of benzene rings is 1. The Morgan fingerprint density at radius 2 is 1.86 bits per heavy atom. The number of rotatable bonds is 9. The van der Waals surface area contributed by atoms with Crippen molar-refractivity contribution in [2.24, 2.45) is 0 Å². The number of nitrogens with zero attached hydrogens (tertiary/aromatic N) is 5. The SMILES string of the molecule is COCOc1cc(-c2cnn(C3CCCCO3)c2)ccc1-c1ccc(N2CC[C@@H](N(C(=O)OC(C)(C)C)C3CC3)C2)nc1. The van der Waals surface area contributed by atoms with Crippen LogP contribution >= 0.6 is 0 Å². The molecule has 2 saturated heterocycles. The van der Waals surface area contributed by atoms with Gasteiger partial charge in [-0.15, -0.1) is 0 Å². The highest BCUT2D eigenvalue weighted by atomic mass is 16.7. The summed E-state index contributed by atoms with van der Waals surface area (Å²) in [5, 5.41) is 4.57. The highest BCUT2D eigenvalue weighted by molar-refractivity contribution is 5.76. The van der Waals surface area contributed by atoms with Crippen molar-refractivity contribution < 1.29 is 23.7 Å². The van der Waals surface area contributed by atoms with Crippen molar-refractivity contribution in [2.45, 2.75) is 83.2 Å². The van der Waals surface area contributed by atoms with Gasteiger partial charge in [0.2, 0.25) is 0 Å². The standard InChI is InChI=1S/C33H43N5O5/c1-33(2,3)43-32(39)38(26-10-11-26)27-14-15-36(21-27)30-13-9-24(18-34-30)28-12-8-23(17-29(28)42-22-40-4)25-19-35-37(20-25)31-7-5-6-16-41-31/h8-9,12-13,17-20,26-27,31H,5-7,10-11,14-16,21-22H2,1-4H3/t27-,31?/m1/s1. The smallest absolute Gasteiger partial charge is 0.410 e. The lowest BCUT2D eigenvalue weighted by Crippen LogP contribution is -2.46. The largest absolute Gasteiger partial charge is 0.467 e. The van der Waals surface area contributed by atoms with Crippen molar-refractivity contribution in [3.63, 3.8) is 0 Å². The van der Waals surface area contributed by atoms with Gasteiger partial charge in [-0.1, -0.05) is 6.07 Å². The topological polar surface area (TPSA) is 91.2 Å². The van der Waals surface area contributed by atoms with E-state index in [1.165, 1.54) is 0 Å². The third-order valence-electron chi connectivity index (χ3n) is 8.18. The predicted octanol–water partition coefficient (Wildman–Crippen LogP) is 6.27. The van der Waals surface area contributed by atoms with Crippen LogP contribution in [0.2, 0.25) is 0 Å². The van der Waals surface area contributed by atoms with Gasteiger partial charge in [0.1, 0.15) is 23.4 Å². The zero-order valence-electron chi connectivity index (χ0n) is 25.7. The van der Waals surface area contributed by atoms with Gasteiger partial charge in [-0.3, -0.25) is 0 Å². The number of methoxy groups -OCH3 is 1. The Hall–Kier alpha value is -3.63. The number of hydrogen-bond acceptors (Lipinski definition) is 8. The minimum atomic E-state index is -0.504. The summed E-state index contributed by atoms with van der Waals surface area (Å²) in [5.41, 5.74) is 3.40. The minimum absolute atomic E-state index is 0.00412. The van der Waals surface area contributed by atoms with E-state index in [9.17, 15) is 4.79 Å². The molecule has 43 heavy (non-hydrogen) atoms. The van der Waals surface area contributed by atoms with E-state index in [2.05, 4.69) is 34.3 Å². The molecule has 2 atom stereocenters. The van der Waals surface area contributed by atoms with Crippen molar-refractivity contribution in [3.05, 3.63) is 48.9 Å². The van der Waals surface area contributed by atoms with Crippen LogP contribution in [0, 0.1) is 0 Å². The summed E-state index contributed by atoms with van der Waals surface area (Å²) in [4.78, 5) is 22.1. The van der Waals surface area contributed by atoms with E-state index in [0.717, 1.165) is 86.3 Å². The first-order valence-corrected chi connectivity index (χ1v) is 15.4. The molecule has 1 saturated carbocycles. The van der Waals surface area contributed by atoms with Gasteiger partial charge in [0.15, 0.2) is 6.79 Å². The average Bonchev–Trinajstić information content (AvgIpc) is 3.48. The second kappa shape index (κ2) is 12.5. The van der Waals surface area contributed by atoms with Crippen LogP contribution < -0.4 is 9.64 Å². The van der Waals surface area contributed by atoms with Crippen molar-refractivity contribution in [1.29, 1.82) is 0 Å². The molecule has 10 nitrogen and oxygen atoms in total. The van der Waals surface area contributed by atoms with E-state index < -0.39 is 5.60 Å². The molecule has 0 N–H and O–H groups in total. The zero-order valence-corrected chi connectivity index (χ0v) is 25.7. The van der Waals surface area contributed by atoms with Gasteiger partial charge in [-0.2, -0.15) is 5.10 Å². The number of hydrogen-bond donors (Lipinski definition) is 0. The van der Waals surface area contributed by atoms with Crippen molar-refractivity contribution in [2.75, 3.05) is 38.5 Å². The third-order valence-corrected chi connectivity index (χ3v) is 8.18. The van der Waals surface area contributed by atoms with E-state index in [-0.39, 0.29) is 25.2 Å². The molecule has 0 spiro atoms. The van der Waals surface area contributed by atoms with E-state index in [1.807, 2.05) is 55.0 Å². The molecule has 1 unspecified atom stereocenters. The summed E-state index contributed by atoms with van der Waals surface area (Å²) in [6.07, 6.45) is 11.8. The summed E-state index contributed by atoms with van der Waals surface area (Å²) in [7, 11) is 1.62. The molecule has 1 aromatic carbocycles. The number of amides is 1. The fraction of sp³-hybridized carbons (Fsp3) is 0.545. The van der Waals surface area contributed by atoms with Crippen molar-refractivity contribution >= 4 is 11.9 Å². The second-order valence-corrected chi connectivity index (χ2v) is 12.7. The molecule has 0 bridgehead atoms. The van der Waals surface area contributed by atoms with Gasteiger partial charge in [-0.25, -0.2) is 14.5 Å². The molecular weight excluding hydrogens is 546 g/mol. The first-order valence-electron chi connectivity index (χ1n) is 15.4. The summed E-state index contributed by atoms with van der Waals surface area (Å²) in [6.45, 7) is 8.27. The van der Waals surface area contributed by atoms with Crippen LogP contribution in [0.15, 0.2) is 48.9 Å². The Balaban J connectivity index is 1.16. The van der Waals surface area contributed by atoms with Gasteiger partial charge < -0.3 is 28.7 Å². The van der Waals surface area contributed by atoms with Gasteiger partial charge in [-0.05, 0) is 89.1 Å². The molecule has 10 heteroatoms. The van der Waals surface area contributed by atoms with Crippen molar-refractivity contribution in [3.8, 4) is 28.0 Å².